The second kappa shape index (κ2) is 5.04. The summed E-state index contributed by atoms with van der Waals surface area (Å²) in [7, 11) is 0. The van der Waals surface area contributed by atoms with Crippen LogP contribution >= 0.6 is 0 Å². The van der Waals surface area contributed by atoms with Crippen LogP contribution in [0.15, 0.2) is 34.0 Å². The van der Waals surface area contributed by atoms with E-state index in [1.807, 2.05) is 0 Å². The van der Waals surface area contributed by atoms with Gasteiger partial charge in [-0.3, -0.25) is 4.79 Å². The van der Waals surface area contributed by atoms with E-state index in [-0.39, 0.29) is 17.3 Å². The van der Waals surface area contributed by atoms with E-state index >= 15 is 0 Å². The van der Waals surface area contributed by atoms with Gasteiger partial charge in [0.15, 0.2) is 0 Å². The predicted molar refractivity (Wildman–Crippen MR) is 60.2 cm³/mol. The number of amides is 1. The van der Waals surface area contributed by atoms with Crippen molar-refractivity contribution >= 4 is 17.9 Å². The third-order valence-electron chi connectivity index (χ3n) is 1.98. The smallest absolute Gasteiger partial charge is 0.297 e. The third kappa shape index (κ3) is 2.67. The second-order valence-corrected chi connectivity index (χ2v) is 3.25. The predicted octanol–water partition coefficient (Wildman–Crippen LogP) is 0.555. The highest BCUT2D eigenvalue weighted by Gasteiger charge is 2.14. The van der Waals surface area contributed by atoms with E-state index in [0.29, 0.717) is 5.56 Å². The number of nitrogens with two attached hydrogens (primary N) is 1. The molecule has 0 saturated carbocycles. The molecule has 92 valence electrons. The summed E-state index contributed by atoms with van der Waals surface area (Å²) in [5.74, 6) is -1.12. The highest BCUT2D eigenvalue weighted by Crippen LogP contribution is 2.03. The van der Waals surface area contributed by atoms with Crippen LogP contribution in [0.1, 0.15) is 16.1 Å². The van der Waals surface area contributed by atoms with Crippen LogP contribution in [-0.2, 0) is 0 Å². The number of nitrogen functional groups attached to an aromatic ring is 1. The second-order valence-electron chi connectivity index (χ2n) is 3.25. The molecule has 0 atom stereocenters. The zero-order valence-electron chi connectivity index (χ0n) is 9.00. The minimum absolute atomic E-state index is 0.121. The maximum Gasteiger partial charge on any atom is 0.297 e. The molecule has 1 aromatic heterocycles. The van der Waals surface area contributed by atoms with Crippen LogP contribution in [0, 0.1) is 5.82 Å². The van der Waals surface area contributed by atoms with Gasteiger partial charge < -0.3 is 5.73 Å². The summed E-state index contributed by atoms with van der Waals surface area (Å²) >= 11 is 0. The van der Waals surface area contributed by atoms with Gasteiger partial charge in [-0.05, 0) is 28.0 Å². The molecule has 0 fully saturated rings. The number of anilines is 1. The van der Waals surface area contributed by atoms with E-state index in [0.717, 1.165) is 0 Å². The number of nitrogens with one attached hydrogen (secondary N) is 1. The molecule has 1 heterocycles. The molecule has 0 saturated heterocycles. The molecule has 0 radical (unpaired) electrons. The van der Waals surface area contributed by atoms with Crippen LogP contribution in [0.3, 0.4) is 0 Å². The maximum absolute atomic E-state index is 12.6. The molecule has 2 rings (SSSR count). The molecule has 0 aliphatic rings. The number of carbonyl (C=O) groups excluding carboxylic acids is 1. The molecule has 3 N–H and O–H groups in total. The Kier molecular flexibility index (Phi) is 3.28. The lowest BCUT2D eigenvalue weighted by Crippen LogP contribution is -2.19. The number of hydrogen-bond donors (Lipinski definition) is 2. The molecule has 7 nitrogen and oxygen atoms in total. The first kappa shape index (κ1) is 11.7. The van der Waals surface area contributed by atoms with Gasteiger partial charge in [0.25, 0.3) is 5.91 Å². The number of nitrogens with zero attached hydrogens (tertiary/aromatic N) is 3. The number of hydrogen-bond acceptors (Lipinski definition) is 6. The molecule has 8 heteroatoms. The molecule has 0 bridgehead atoms. The van der Waals surface area contributed by atoms with E-state index in [4.69, 9.17) is 5.73 Å². The summed E-state index contributed by atoms with van der Waals surface area (Å²) in [4.78, 5) is 11.4. The zero-order valence-corrected chi connectivity index (χ0v) is 9.00. The Labute approximate surface area is 100 Å². The van der Waals surface area contributed by atoms with Crippen molar-refractivity contribution < 1.29 is 13.8 Å². The summed E-state index contributed by atoms with van der Waals surface area (Å²) < 4.78 is 16.9. The van der Waals surface area contributed by atoms with Crippen molar-refractivity contribution in [1.82, 2.24) is 15.7 Å². The minimum Gasteiger partial charge on any atom is -0.379 e. The molecule has 0 unspecified atom stereocenters. The topological polar surface area (TPSA) is 106 Å². The normalized spacial score (nSPS) is 10.7. The standard InChI is InChI=1S/C10H8FN5O2/c11-7-3-1-6(2-4-7)5-13-14-10(17)8-9(12)16-18-15-8/h1-5H,(H2,12,16)(H,14,17)/b13-5+. The first-order valence-corrected chi connectivity index (χ1v) is 4.84. The summed E-state index contributed by atoms with van der Waals surface area (Å²) in [6.45, 7) is 0. The average molecular weight is 249 g/mol. The van der Waals surface area contributed by atoms with E-state index in [1.54, 1.807) is 0 Å². The van der Waals surface area contributed by atoms with Crippen molar-refractivity contribution in [3.05, 3.63) is 41.3 Å². The first-order valence-electron chi connectivity index (χ1n) is 4.84. The SMILES string of the molecule is Nc1nonc1C(=O)N/N=C/c1ccc(F)cc1. The van der Waals surface area contributed by atoms with Gasteiger partial charge >= 0.3 is 0 Å². The Morgan fingerprint density at radius 3 is 2.72 bits per heavy atom. The van der Waals surface area contributed by atoms with Gasteiger partial charge in [-0.2, -0.15) is 5.10 Å². The summed E-state index contributed by atoms with van der Waals surface area (Å²) in [6, 6.07) is 5.58. The quantitative estimate of drug-likeness (QED) is 0.610. The van der Waals surface area contributed by atoms with Crippen molar-refractivity contribution in [2.45, 2.75) is 0 Å². The van der Waals surface area contributed by atoms with Gasteiger partial charge in [-0.25, -0.2) is 14.4 Å². The molecule has 1 aromatic carbocycles. The van der Waals surface area contributed by atoms with Crippen molar-refractivity contribution in [2.75, 3.05) is 5.73 Å². The average Bonchev–Trinajstić information content (AvgIpc) is 2.78. The Balaban J connectivity index is 1.98. The fourth-order valence-electron chi connectivity index (χ4n) is 1.12. The van der Waals surface area contributed by atoms with E-state index in [1.165, 1.54) is 30.5 Å². The molecule has 18 heavy (non-hydrogen) atoms. The third-order valence-corrected chi connectivity index (χ3v) is 1.98. The van der Waals surface area contributed by atoms with E-state index < -0.39 is 5.91 Å². The minimum atomic E-state index is -0.646. The van der Waals surface area contributed by atoms with Crippen molar-refractivity contribution in [3.63, 3.8) is 0 Å². The van der Waals surface area contributed by atoms with E-state index in [2.05, 4.69) is 25.5 Å². The molecular weight excluding hydrogens is 241 g/mol. The molecule has 0 aliphatic carbocycles. The van der Waals surface area contributed by atoms with Crippen molar-refractivity contribution in [1.29, 1.82) is 0 Å². The van der Waals surface area contributed by atoms with Gasteiger partial charge in [0.2, 0.25) is 11.5 Å². The number of hydrazone groups is 1. The number of rotatable bonds is 3. The number of benzene rings is 1. The van der Waals surface area contributed by atoms with Crippen LogP contribution in [0.2, 0.25) is 0 Å². The largest absolute Gasteiger partial charge is 0.379 e. The lowest BCUT2D eigenvalue weighted by atomic mass is 10.2. The molecule has 1 amide bonds. The van der Waals surface area contributed by atoms with Crippen molar-refractivity contribution in [3.8, 4) is 0 Å². The highest BCUT2D eigenvalue weighted by atomic mass is 19.1. The van der Waals surface area contributed by atoms with Crippen LogP contribution in [0.25, 0.3) is 0 Å². The molecule has 2 aromatic rings. The zero-order chi connectivity index (χ0) is 13.0. The maximum atomic E-state index is 12.6. The molecule has 0 spiro atoms. The lowest BCUT2D eigenvalue weighted by molar-refractivity contribution is 0.0946. The first-order chi connectivity index (χ1) is 8.66. The van der Waals surface area contributed by atoms with Gasteiger partial charge in [-0.15, -0.1) is 0 Å². The summed E-state index contributed by atoms with van der Waals surface area (Å²) in [5, 5.41) is 10.2. The van der Waals surface area contributed by atoms with Gasteiger partial charge in [0, 0.05) is 0 Å². The number of halogens is 1. The Morgan fingerprint density at radius 2 is 2.11 bits per heavy atom. The summed E-state index contributed by atoms with van der Waals surface area (Å²) in [6.07, 6.45) is 1.35. The molecule has 0 aliphatic heterocycles. The number of aromatic nitrogens is 2. The Morgan fingerprint density at radius 1 is 1.39 bits per heavy atom. The van der Waals surface area contributed by atoms with Gasteiger partial charge in [0.1, 0.15) is 5.82 Å². The van der Waals surface area contributed by atoms with Crippen LogP contribution < -0.4 is 11.2 Å². The van der Waals surface area contributed by atoms with Crippen LogP contribution in [0.4, 0.5) is 10.2 Å². The fourth-order valence-corrected chi connectivity index (χ4v) is 1.12. The lowest BCUT2D eigenvalue weighted by Gasteiger charge is -1.95. The number of carbonyl (C=O) groups is 1. The Bertz CT molecular complexity index is 578. The van der Waals surface area contributed by atoms with Crippen LogP contribution in [-0.4, -0.2) is 22.4 Å². The van der Waals surface area contributed by atoms with Gasteiger partial charge in [-0.1, -0.05) is 12.1 Å². The molecular formula is C10H8FN5O2. The van der Waals surface area contributed by atoms with Gasteiger partial charge in [0.05, 0.1) is 6.21 Å². The fraction of sp³-hybridized carbons (Fsp3) is 0. The van der Waals surface area contributed by atoms with Crippen LogP contribution in [0.5, 0.6) is 0 Å². The highest BCUT2D eigenvalue weighted by molar-refractivity contribution is 5.96. The summed E-state index contributed by atoms with van der Waals surface area (Å²) in [5.41, 5.74) is 7.98. The Hall–Kier alpha value is -2.77. The monoisotopic (exact) mass is 249 g/mol. The van der Waals surface area contributed by atoms with Crippen molar-refractivity contribution in [2.24, 2.45) is 5.10 Å². The van der Waals surface area contributed by atoms with E-state index in [9.17, 15) is 9.18 Å².